The van der Waals surface area contributed by atoms with E-state index in [2.05, 4.69) is 5.32 Å². The van der Waals surface area contributed by atoms with Gasteiger partial charge in [-0.05, 0) is 49.1 Å². The SMILES string of the molecule is CC[C@@H](C(=O)NC1CCCCC1)N(Cc1ccc(Cl)c(Cl)c1)C(=O)CN(c1cc(Cl)c(Cl)cc1Cl)S(C)(=O)=O. The molecule has 0 heterocycles. The van der Waals surface area contributed by atoms with E-state index in [4.69, 9.17) is 58.0 Å². The zero-order valence-electron chi connectivity index (χ0n) is 21.5. The molecule has 1 atom stereocenters. The maximum Gasteiger partial charge on any atom is 0.244 e. The first-order chi connectivity index (χ1) is 18.3. The van der Waals surface area contributed by atoms with Crippen molar-refractivity contribution in [3.63, 3.8) is 0 Å². The topological polar surface area (TPSA) is 86.8 Å². The summed E-state index contributed by atoms with van der Waals surface area (Å²) in [5.74, 6) is -0.907. The van der Waals surface area contributed by atoms with Gasteiger partial charge in [-0.2, -0.15) is 0 Å². The van der Waals surface area contributed by atoms with E-state index in [1.165, 1.54) is 17.0 Å². The number of amides is 2. The molecule has 1 N–H and O–H groups in total. The van der Waals surface area contributed by atoms with E-state index in [1.54, 1.807) is 25.1 Å². The maximum atomic E-state index is 13.9. The van der Waals surface area contributed by atoms with Crippen molar-refractivity contribution < 1.29 is 18.0 Å². The molecule has 0 unspecified atom stereocenters. The van der Waals surface area contributed by atoms with E-state index >= 15 is 0 Å². The molecule has 0 aliphatic heterocycles. The van der Waals surface area contributed by atoms with Gasteiger partial charge in [-0.1, -0.05) is 90.3 Å². The Labute approximate surface area is 254 Å². The van der Waals surface area contributed by atoms with Crippen LogP contribution in [0.5, 0.6) is 0 Å². The lowest BCUT2D eigenvalue weighted by molar-refractivity contribution is -0.140. The molecule has 2 aromatic carbocycles. The van der Waals surface area contributed by atoms with Gasteiger partial charge < -0.3 is 10.2 Å². The summed E-state index contributed by atoms with van der Waals surface area (Å²) >= 11 is 30.8. The number of rotatable bonds is 10. The molecule has 39 heavy (non-hydrogen) atoms. The predicted molar refractivity (Wildman–Crippen MR) is 160 cm³/mol. The van der Waals surface area contributed by atoms with Crippen LogP contribution < -0.4 is 9.62 Å². The van der Waals surface area contributed by atoms with Gasteiger partial charge in [-0.25, -0.2) is 8.42 Å². The second kappa shape index (κ2) is 14.0. The van der Waals surface area contributed by atoms with Gasteiger partial charge in [-0.15, -0.1) is 0 Å². The Hall–Kier alpha value is -1.42. The Morgan fingerprint density at radius 1 is 0.923 bits per heavy atom. The minimum absolute atomic E-state index is 0.000686. The first-order valence-corrected chi connectivity index (χ1v) is 16.2. The molecule has 3 rings (SSSR count). The molecule has 1 aliphatic carbocycles. The van der Waals surface area contributed by atoms with E-state index in [-0.39, 0.29) is 39.2 Å². The van der Waals surface area contributed by atoms with Gasteiger partial charge in [0, 0.05) is 12.6 Å². The van der Waals surface area contributed by atoms with E-state index in [0.717, 1.165) is 42.7 Å². The summed E-state index contributed by atoms with van der Waals surface area (Å²) in [6.07, 6.45) is 6.20. The molecule has 0 spiro atoms. The van der Waals surface area contributed by atoms with Crippen molar-refractivity contribution >= 4 is 85.5 Å². The van der Waals surface area contributed by atoms with Crippen molar-refractivity contribution in [2.45, 2.75) is 64.1 Å². The highest BCUT2D eigenvalue weighted by Crippen LogP contribution is 2.36. The standard InChI is InChI=1S/C26H30Cl5N3O4S/c1-3-23(26(36)32-17-7-5-4-6-8-17)33(14-16-9-10-18(27)19(28)11-16)25(35)15-34(39(2,37)38)24-13-21(30)20(29)12-22(24)31/h9-13,17,23H,3-8,14-15H2,1-2H3,(H,32,36)/t23-/m0/s1. The van der Waals surface area contributed by atoms with Crippen molar-refractivity contribution in [2.24, 2.45) is 0 Å². The molecule has 2 amide bonds. The molecular formula is C26H30Cl5N3O4S. The molecule has 13 heteroatoms. The largest absolute Gasteiger partial charge is 0.352 e. The van der Waals surface area contributed by atoms with E-state index in [0.29, 0.717) is 22.0 Å². The third kappa shape index (κ3) is 8.54. The summed E-state index contributed by atoms with van der Waals surface area (Å²) < 4.78 is 26.5. The lowest BCUT2D eigenvalue weighted by Crippen LogP contribution is -2.54. The fourth-order valence-electron chi connectivity index (χ4n) is 4.60. The number of carbonyl (C=O) groups excluding carboxylic acids is 2. The number of nitrogens with one attached hydrogen (secondary N) is 1. The zero-order valence-corrected chi connectivity index (χ0v) is 26.1. The number of benzene rings is 2. The van der Waals surface area contributed by atoms with Crippen molar-refractivity contribution in [1.82, 2.24) is 10.2 Å². The number of nitrogens with zero attached hydrogens (tertiary/aromatic N) is 2. The molecule has 2 aromatic rings. The fraction of sp³-hybridized carbons (Fsp3) is 0.462. The van der Waals surface area contributed by atoms with Crippen LogP contribution in [0.25, 0.3) is 0 Å². The number of hydrogen-bond donors (Lipinski definition) is 1. The van der Waals surface area contributed by atoms with Crippen LogP contribution in [0.2, 0.25) is 25.1 Å². The molecule has 0 radical (unpaired) electrons. The number of hydrogen-bond acceptors (Lipinski definition) is 4. The van der Waals surface area contributed by atoms with E-state index < -0.39 is 28.5 Å². The van der Waals surface area contributed by atoms with Gasteiger partial charge in [0.05, 0.1) is 37.1 Å². The molecule has 0 bridgehead atoms. The number of anilines is 1. The van der Waals surface area contributed by atoms with Gasteiger partial charge >= 0.3 is 0 Å². The number of sulfonamides is 1. The van der Waals surface area contributed by atoms with Gasteiger partial charge in [0.25, 0.3) is 0 Å². The summed E-state index contributed by atoms with van der Waals surface area (Å²) in [4.78, 5) is 28.7. The Balaban J connectivity index is 1.98. The molecule has 0 aromatic heterocycles. The fourth-order valence-corrected chi connectivity index (χ4v) is 6.46. The summed E-state index contributed by atoms with van der Waals surface area (Å²) in [6, 6.07) is 6.68. The Morgan fingerprint density at radius 2 is 1.54 bits per heavy atom. The Bertz CT molecular complexity index is 1320. The molecule has 0 saturated heterocycles. The lowest BCUT2D eigenvalue weighted by Gasteiger charge is -2.34. The van der Waals surface area contributed by atoms with Crippen molar-refractivity contribution in [3.8, 4) is 0 Å². The van der Waals surface area contributed by atoms with Crippen molar-refractivity contribution in [3.05, 3.63) is 61.0 Å². The van der Waals surface area contributed by atoms with Gasteiger partial charge in [0.15, 0.2) is 0 Å². The first kappa shape index (κ1) is 32.1. The highest BCUT2D eigenvalue weighted by molar-refractivity contribution is 7.92. The van der Waals surface area contributed by atoms with Crippen LogP contribution in [0.1, 0.15) is 51.0 Å². The van der Waals surface area contributed by atoms with Crippen molar-refractivity contribution in [2.75, 3.05) is 17.1 Å². The predicted octanol–water partition coefficient (Wildman–Crippen LogP) is 6.98. The highest BCUT2D eigenvalue weighted by Gasteiger charge is 2.33. The number of halogens is 5. The lowest BCUT2D eigenvalue weighted by atomic mass is 9.95. The second-order valence-electron chi connectivity index (χ2n) is 9.53. The van der Waals surface area contributed by atoms with Crippen LogP contribution in [0.3, 0.4) is 0 Å². The monoisotopic (exact) mass is 655 g/mol. The van der Waals surface area contributed by atoms with Gasteiger partial charge in [0.1, 0.15) is 12.6 Å². The Kier molecular flexibility index (Phi) is 11.5. The van der Waals surface area contributed by atoms with E-state index in [9.17, 15) is 18.0 Å². The third-order valence-corrected chi connectivity index (χ3v) is 9.50. The number of carbonyl (C=O) groups is 2. The van der Waals surface area contributed by atoms with Crippen LogP contribution in [0.15, 0.2) is 30.3 Å². The highest BCUT2D eigenvalue weighted by atomic mass is 35.5. The van der Waals surface area contributed by atoms with Crippen LogP contribution in [-0.2, 0) is 26.2 Å². The second-order valence-corrected chi connectivity index (χ2v) is 13.5. The quantitative estimate of drug-likeness (QED) is 0.280. The maximum absolute atomic E-state index is 13.9. The van der Waals surface area contributed by atoms with E-state index in [1.807, 2.05) is 0 Å². The zero-order chi connectivity index (χ0) is 28.9. The molecular weight excluding hydrogens is 628 g/mol. The van der Waals surface area contributed by atoms with Crippen LogP contribution in [0, 0.1) is 0 Å². The molecule has 1 aliphatic rings. The first-order valence-electron chi connectivity index (χ1n) is 12.5. The van der Waals surface area contributed by atoms with Crippen LogP contribution in [0.4, 0.5) is 5.69 Å². The molecule has 214 valence electrons. The normalized spacial score (nSPS) is 15.1. The minimum atomic E-state index is -4.00. The average Bonchev–Trinajstić information content (AvgIpc) is 2.86. The average molecular weight is 658 g/mol. The van der Waals surface area contributed by atoms with Crippen molar-refractivity contribution in [1.29, 1.82) is 0 Å². The molecule has 1 saturated carbocycles. The van der Waals surface area contributed by atoms with Gasteiger partial charge in [-0.3, -0.25) is 13.9 Å². The summed E-state index contributed by atoms with van der Waals surface area (Å²) in [7, 11) is -4.00. The Morgan fingerprint density at radius 3 is 2.13 bits per heavy atom. The molecule has 1 fully saturated rings. The molecule has 7 nitrogen and oxygen atoms in total. The summed E-state index contributed by atoms with van der Waals surface area (Å²) in [5.41, 5.74) is 0.622. The minimum Gasteiger partial charge on any atom is -0.352 e. The summed E-state index contributed by atoms with van der Waals surface area (Å²) in [6.45, 7) is 1.18. The smallest absolute Gasteiger partial charge is 0.244 e. The van der Waals surface area contributed by atoms with Gasteiger partial charge in [0.2, 0.25) is 21.8 Å². The third-order valence-electron chi connectivity index (χ3n) is 6.61. The van der Waals surface area contributed by atoms with Crippen LogP contribution in [-0.4, -0.2) is 50.0 Å². The van der Waals surface area contributed by atoms with Crippen LogP contribution >= 0.6 is 58.0 Å². The summed E-state index contributed by atoms with van der Waals surface area (Å²) in [5, 5.41) is 3.93.